The third kappa shape index (κ3) is 3.37. The molecule has 6 nitrogen and oxygen atoms in total. The van der Waals surface area contributed by atoms with Crippen LogP contribution in [-0.4, -0.2) is 34.1 Å². The van der Waals surface area contributed by atoms with Gasteiger partial charge in [0.05, 0.1) is 5.56 Å². The highest BCUT2D eigenvalue weighted by Gasteiger charge is 2.26. The highest BCUT2D eigenvalue weighted by molar-refractivity contribution is 5.99. The Balaban J connectivity index is 1.97. The first kappa shape index (κ1) is 13.2. The number of phenolic OH excluding ortho intramolecular Hbond substituents is 2. The molecule has 6 heteroatoms. The van der Waals surface area contributed by atoms with Gasteiger partial charge in [0.1, 0.15) is 17.5 Å². The van der Waals surface area contributed by atoms with E-state index in [9.17, 15) is 14.7 Å². The van der Waals surface area contributed by atoms with Gasteiger partial charge in [-0.05, 0) is 31.9 Å². The number of benzene rings is 1. The minimum atomic E-state index is -0.679. The molecule has 0 heterocycles. The van der Waals surface area contributed by atoms with Gasteiger partial charge < -0.3 is 20.8 Å². The van der Waals surface area contributed by atoms with Gasteiger partial charge in [0.2, 0.25) is 5.91 Å². The molecule has 19 heavy (non-hydrogen) atoms. The van der Waals surface area contributed by atoms with Crippen LogP contribution in [0.1, 0.15) is 30.1 Å². The summed E-state index contributed by atoms with van der Waals surface area (Å²) >= 11 is 0. The molecule has 2 amide bonds. The van der Waals surface area contributed by atoms with Crippen molar-refractivity contribution in [2.75, 3.05) is 0 Å². The normalized spacial score (nSPS) is 15.6. The van der Waals surface area contributed by atoms with Gasteiger partial charge in [0.25, 0.3) is 5.91 Å². The summed E-state index contributed by atoms with van der Waals surface area (Å²) in [5.74, 6) is -1.26. The molecule has 1 aromatic rings. The standard InChI is InChI=1S/C13H16N2O4/c1-7(12(18)15-8-2-3-8)14-13(19)10-5-4-9(16)6-11(10)17/h4-8,16-17H,2-3H2,1H3,(H,14,19)(H,15,18). The largest absolute Gasteiger partial charge is 0.508 e. The minimum absolute atomic E-state index is 0.0175. The lowest BCUT2D eigenvalue weighted by Gasteiger charge is -2.14. The zero-order valence-electron chi connectivity index (χ0n) is 10.5. The third-order valence-corrected chi connectivity index (χ3v) is 2.89. The van der Waals surface area contributed by atoms with E-state index in [1.165, 1.54) is 12.1 Å². The molecule has 1 saturated carbocycles. The Bertz CT molecular complexity index is 511. The van der Waals surface area contributed by atoms with Crippen LogP contribution in [0.2, 0.25) is 0 Å². The van der Waals surface area contributed by atoms with Crippen molar-refractivity contribution < 1.29 is 19.8 Å². The van der Waals surface area contributed by atoms with E-state index >= 15 is 0 Å². The van der Waals surface area contributed by atoms with Crippen molar-refractivity contribution in [1.29, 1.82) is 0 Å². The second-order valence-corrected chi connectivity index (χ2v) is 4.68. The lowest BCUT2D eigenvalue weighted by Crippen LogP contribution is -2.45. The second kappa shape index (κ2) is 5.17. The highest BCUT2D eigenvalue weighted by Crippen LogP contribution is 2.22. The number of carbonyl (C=O) groups excluding carboxylic acids is 2. The SMILES string of the molecule is CC(NC(=O)c1ccc(O)cc1O)C(=O)NC1CC1. The topological polar surface area (TPSA) is 98.7 Å². The molecule has 0 bridgehead atoms. The molecule has 0 aromatic heterocycles. The van der Waals surface area contributed by atoms with Gasteiger partial charge in [-0.1, -0.05) is 0 Å². The molecule has 0 aliphatic heterocycles. The number of hydrogen-bond donors (Lipinski definition) is 4. The van der Waals surface area contributed by atoms with E-state index in [1.54, 1.807) is 6.92 Å². The Kier molecular flexibility index (Phi) is 3.59. The van der Waals surface area contributed by atoms with Crippen LogP contribution in [0, 0.1) is 0 Å². The monoisotopic (exact) mass is 264 g/mol. The van der Waals surface area contributed by atoms with Crippen molar-refractivity contribution in [2.24, 2.45) is 0 Å². The highest BCUT2D eigenvalue weighted by atomic mass is 16.3. The summed E-state index contributed by atoms with van der Waals surface area (Å²) in [6.45, 7) is 1.58. The Labute approximate surface area is 110 Å². The maximum absolute atomic E-state index is 11.9. The Hall–Kier alpha value is -2.24. The quantitative estimate of drug-likeness (QED) is 0.636. The van der Waals surface area contributed by atoms with Gasteiger partial charge in [-0.2, -0.15) is 0 Å². The van der Waals surface area contributed by atoms with Crippen LogP contribution in [0.3, 0.4) is 0 Å². The smallest absolute Gasteiger partial charge is 0.255 e. The van der Waals surface area contributed by atoms with E-state index < -0.39 is 11.9 Å². The minimum Gasteiger partial charge on any atom is -0.508 e. The van der Waals surface area contributed by atoms with Crippen molar-refractivity contribution in [3.05, 3.63) is 23.8 Å². The number of phenols is 2. The summed E-state index contributed by atoms with van der Waals surface area (Å²) in [6, 6.07) is 3.22. The zero-order chi connectivity index (χ0) is 14.0. The van der Waals surface area contributed by atoms with Gasteiger partial charge >= 0.3 is 0 Å². The molecule has 0 radical (unpaired) electrons. The molecule has 1 aliphatic rings. The molecular weight excluding hydrogens is 248 g/mol. The second-order valence-electron chi connectivity index (χ2n) is 4.68. The van der Waals surface area contributed by atoms with Gasteiger partial charge in [-0.3, -0.25) is 9.59 Å². The van der Waals surface area contributed by atoms with Crippen molar-refractivity contribution in [2.45, 2.75) is 31.8 Å². The number of hydrogen-bond acceptors (Lipinski definition) is 4. The van der Waals surface area contributed by atoms with Crippen molar-refractivity contribution >= 4 is 11.8 Å². The first-order chi connectivity index (χ1) is 8.97. The summed E-state index contributed by atoms with van der Waals surface area (Å²) in [5, 5.41) is 24.0. The predicted octanol–water partition coefficient (Wildman–Crippen LogP) is 0.495. The van der Waals surface area contributed by atoms with E-state index in [1.807, 2.05) is 0 Å². The van der Waals surface area contributed by atoms with Crippen LogP contribution < -0.4 is 10.6 Å². The number of aromatic hydroxyl groups is 2. The van der Waals surface area contributed by atoms with Crippen LogP contribution in [0.15, 0.2) is 18.2 Å². The van der Waals surface area contributed by atoms with E-state index in [4.69, 9.17) is 5.11 Å². The maximum atomic E-state index is 11.9. The Morgan fingerprint density at radius 2 is 2.00 bits per heavy atom. The third-order valence-electron chi connectivity index (χ3n) is 2.89. The lowest BCUT2D eigenvalue weighted by molar-refractivity contribution is -0.122. The first-order valence-electron chi connectivity index (χ1n) is 6.10. The molecule has 102 valence electrons. The lowest BCUT2D eigenvalue weighted by atomic mass is 10.1. The fourth-order valence-corrected chi connectivity index (χ4v) is 1.61. The molecule has 0 saturated heterocycles. The fourth-order valence-electron chi connectivity index (χ4n) is 1.61. The van der Waals surface area contributed by atoms with E-state index in [2.05, 4.69) is 10.6 Å². The summed E-state index contributed by atoms with van der Waals surface area (Å²) in [4.78, 5) is 23.5. The average Bonchev–Trinajstić information content (AvgIpc) is 3.12. The van der Waals surface area contributed by atoms with Crippen LogP contribution in [0.5, 0.6) is 11.5 Å². The Morgan fingerprint density at radius 1 is 1.32 bits per heavy atom. The summed E-state index contributed by atoms with van der Waals surface area (Å²) in [7, 11) is 0. The number of carbonyl (C=O) groups is 2. The summed E-state index contributed by atoms with van der Waals surface area (Å²) in [5.41, 5.74) is 0.0175. The van der Waals surface area contributed by atoms with Crippen LogP contribution in [-0.2, 0) is 4.79 Å². The number of nitrogens with one attached hydrogen (secondary N) is 2. The van der Waals surface area contributed by atoms with E-state index in [0.717, 1.165) is 18.9 Å². The number of rotatable bonds is 4. The van der Waals surface area contributed by atoms with Crippen LogP contribution in [0.4, 0.5) is 0 Å². The van der Waals surface area contributed by atoms with Crippen molar-refractivity contribution in [3.63, 3.8) is 0 Å². The summed E-state index contributed by atoms with van der Waals surface area (Å²) < 4.78 is 0. The van der Waals surface area contributed by atoms with E-state index in [-0.39, 0.29) is 29.0 Å². The van der Waals surface area contributed by atoms with Crippen molar-refractivity contribution in [1.82, 2.24) is 10.6 Å². The van der Waals surface area contributed by atoms with Crippen LogP contribution in [0.25, 0.3) is 0 Å². The molecule has 4 N–H and O–H groups in total. The van der Waals surface area contributed by atoms with Gasteiger partial charge in [-0.25, -0.2) is 0 Å². The molecule has 1 atom stereocenters. The molecule has 1 fully saturated rings. The van der Waals surface area contributed by atoms with Gasteiger partial charge in [0, 0.05) is 12.1 Å². The summed E-state index contributed by atoms with van der Waals surface area (Å²) in [6.07, 6.45) is 1.95. The molecule has 0 spiro atoms. The van der Waals surface area contributed by atoms with Crippen molar-refractivity contribution in [3.8, 4) is 11.5 Å². The first-order valence-corrected chi connectivity index (χ1v) is 6.10. The molecular formula is C13H16N2O4. The molecule has 1 aliphatic carbocycles. The maximum Gasteiger partial charge on any atom is 0.255 e. The Morgan fingerprint density at radius 3 is 2.58 bits per heavy atom. The van der Waals surface area contributed by atoms with Crippen LogP contribution >= 0.6 is 0 Å². The predicted molar refractivity (Wildman–Crippen MR) is 67.9 cm³/mol. The average molecular weight is 264 g/mol. The van der Waals surface area contributed by atoms with Gasteiger partial charge in [-0.15, -0.1) is 0 Å². The molecule has 2 rings (SSSR count). The molecule has 1 unspecified atom stereocenters. The molecule has 1 aromatic carbocycles. The zero-order valence-corrected chi connectivity index (χ0v) is 10.5. The number of amides is 2. The van der Waals surface area contributed by atoms with E-state index in [0.29, 0.717) is 0 Å². The van der Waals surface area contributed by atoms with Gasteiger partial charge in [0.15, 0.2) is 0 Å². The fraction of sp³-hybridized carbons (Fsp3) is 0.385.